The third-order valence-electron chi connectivity index (χ3n) is 0.390. The highest BCUT2D eigenvalue weighted by Gasteiger charge is 1.77. The maximum Gasteiger partial charge on any atom is 0.0767 e. The standard InChI is InChI=1S/C4H9NO/c1-4(5)2-3-6/h2-4,6H,5H2,1H3/t4-/m0/s1. The van der Waals surface area contributed by atoms with E-state index in [0.29, 0.717) is 0 Å². The largest absolute Gasteiger partial charge is 0.516 e. The molecule has 0 aromatic heterocycles. The van der Waals surface area contributed by atoms with Crippen LogP contribution in [-0.4, -0.2) is 11.1 Å². The van der Waals surface area contributed by atoms with E-state index < -0.39 is 0 Å². The SMILES string of the molecule is C[C@H](N)C=CO. The lowest BCUT2D eigenvalue weighted by atomic mass is 10.4. The number of aliphatic hydroxyl groups is 1. The molecule has 36 valence electrons. The molecule has 0 radical (unpaired) electrons. The monoisotopic (exact) mass is 87.1 g/mol. The predicted octanol–water partition coefficient (Wildman–Crippen LogP) is 0.405. The van der Waals surface area contributed by atoms with Crippen molar-refractivity contribution in [1.29, 1.82) is 0 Å². The molecule has 0 aliphatic carbocycles. The van der Waals surface area contributed by atoms with Gasteiger partial charge in [0.25, 0.3) is 0 Å². The molecule has 0 rings (SSSR count). The Bertz CT molecular complexity index is 49.5. The van der Waals surface area contributed by atoms with Crippen LogP contribution in [0.25, 0.3) is 0 Å². The van der Waals surface area contributed by atoms with Gasteiger partial charge in [-0.15, -0.1) is 0 Å². The van der Waals surface area contributed by atoms with Gasteiger partial charge in [0.1, 0.15) is 0 Å². The molecule has 2 heteroatoms. The third kappa shape index (κ3) is 3.50. The van der Waals surface area contributed by atoms with Gasteiger partial charge in [-0.2, -0.15) is 0 Å². The number of hydrogen-bond donors (Lipinski definition) is 2. The fourth-order valence-corrected chi connectivity index (χ4v) is 0.136. The lowest BCUT2D eigenvalue weighted by Gasteiger charge is -1.87. The van der Waals surface area contributed by atoms with Crippen molar-refractivity contribution in [2.75, 3.05) is 0 Å². The summed E-state index contributed by atoms with van der Waals surface area (Å²) in [4.78, 5) is 0. The van der Waals surface area contributed by atoms with Gasteiger partial charge >= 0.3 is 0 Å². The van der Waals surface area contributed by atoms with Crippen LogP contribution < -0.4 is 5.73 Å². The Morgan fingerprint density at radius 1 is 1.83 bits per heavy atom. The highest BCUT2D eigenvalue weighted by Crippen LogP contribution is 1.72. The van der Waals surface area contributed by atoms with Gasteiger partial charge < -0.3 is 10.8 Å². The quantitative estimate of drug-likeness (QED) is 0.455. The number of rotatable bonds is 1. The first kappa shape index (κ1) is 5.50. The van der Waals surface area contributed by atoms with E-state index in [2.05, 4.69) is 0 Å². The number of hydrogen-bond acceptors (Lipinski definition) is 2. The van der Waals surface area contributed by atoms with E-state index in [9.17, 15) is 0 Å². The molecule has 0 heterocycles. The molecule has 0 bridgehead atoms. The summed E-state index contributed by atoms with van der Waals surface area (Å²) < 4.78 is 0. The van der Waals surface area contributed by atoms with Gasteiger partial charge in [0.05, 0.1) is 6.26 Å². The van der Waals surface area contributed by atoms with Crippen LogP contribution in [0.2, 0.25) is 0 Å². The molecule has 0 aromatic rings. The minimum atomic E-state index is -0.0324. The van der Waals surface area contributed by atoms with Gasteiger partial charge in [0.2, 0.25) is 0 Å². The Balaban J connectivity index is 3.03. The van der Waals surface area contributed by atoms with Crippen molar-refractivity contribution in [2.24, 2.45) is 5.73 Å². The van der Waals surface area contributed by atoms with Gasteiger partial charge in [-0.05, 0) is 13.0 Å². The van der Waals surface area contributed by atoms with Gasteiger partial charge in [-0.3, -0.25) is 0 Å². The topological polar surface area (TPSA) is 46.2 Å². The number of nitrogens with two attached hydrogens (primary N) is 1. The molecule has 0 spiro atoms. The summed E-state index contributed by atoms with van der Waals surface area (Å²) in [6, 6.07) is -0.0324. The zero-order valence-corrected chi connectivity index (χ0v) is 3.76. The molecule has 3 N–H and O–H groups in total. The molecular weight excluding hydrogens is 78.0 g/mol. The molecule has 0 saturated heterocycles. The van der Waals surface area contributed by atoms with Crippen LogP contribution in [0, 0.1) is 0 Å². The molecule has 0 amide bonds. The first-order valence-electron chi connectivity index (χ1n) is 1.84. The van der Waals surface area contributed by atoms with Gasteiger partial charge in [-0.25, -0.2) is 0 Å². The van der Waals surface area contributed by atoms with Crippen LogP contribution in [0.4, 0.5) is 0 Å². The molecule has 2 nitrogen and oxygen atoms in total. The van der Waals surface area contributed by atoms with E-state index in [0.717, 1.165) is 6.26 Å². The van der Waals surface area contributed by atoms with Crippen LogP contribution in [0.15, 0.2) is 12.3 Å². The summed E-state index contributed by atoms with van der Waals surface area (Å²) in [6.07, 6.45) is 2.45. The fraction of sp³-hybridized carbons (Fsp3) is 0.500. The summed E-state index contributed by atoms with van der Waals surface area (Å²) in [7, 11) is 0. The Hall–Kier alpha value is -0.500. The summed E-state index contributed by atoms with van der Waals surface area (Å²) in [5, 5.41) is 7.98. The minimum absolute atomic E-state index is 0.0324. The molecule has 0 unspecified atom stereocenters. The molecule has 0 aromatic carbocycles. The zero-order chi connectivity index (χ0) is 4.99. The summed E-state index contributed by atoms with van der Waals surface area (Å²) in [5.74, 6) is 0. The fourth-order valence-electron chi connectivity index (χ4n) is 0.136. The smallest absolute Gasteiger partial charge is 0.0767 e. The molecule has 0 aliphatic rings. The van der Waals surface area contributed by atoms with E-state index in [1.165, 1.54) is 6.08 Å². The van der Waals surface area contributed by atoms with E-state index in [4.69, 9.17) is 10.8 Å². The van der Waals surface area contributed by atoms with Crippen LogP contribution >= 0.6 is 0 Å². The normalized spacial score (nSPS) is 15.7. The van der Waals surface area contributed by atoms with Crippen molar-refractivity contribution in [3.8, 4) is 0 Å². The van der Waals surface area contributed by atoms with Gasteiger partial charge in [-0.1, -0.05) is 0 Å². The maximum absolute atomic E-state index is 7.98. The Kier molecular flexibility index (Phi) is 2.50. The highest BCUT2D eigenvalue weighted by molar-refractivity contribution is 4.80. The van der Waals surface area contributed by atoms with Crippen molar-refractivity contribution < 1.29 is 5.11 Å². The lowest BCUT2D eigenvalue weighted by Crippen LogP contribution is -2.09. The average Bonchev–Trinajstić information content (AvgIpc) is 1.35. The van der Waals surface area contributed by atoms with Crippen molar-refractivity contribution in [1.82, 2.24) is 0 Å². The molecule has 0 fully saturated rings. The minimum Gasteiger partial charge on any atom is -0.516 e. The molecular formula is C4H9NO. The van der Waals surface area contributed by atoms with Gasteiger partial charge in [0, 0.05) is 6.04 Å². The third-order valence-corrected chi connectivity index (χ3v) is 0.390. The van der Waals surface area contributed by atoms with Crippen LogP contribution in [0.3, 0.4) is 0 Å². The summed E-state index contributed by atoms with van der Waals surface area (Å²) in [6.45, 7) is 1.78. The van der Waals surface area contributed by atoms with Crippen molar-refractivity contribution >= 4 is 0 Å². The van der Waals surface area contributed by atoms with E-state index in [-0.39, 0.29) is 6.04 Å². The maximum atomic E-state index is 7.98. The Morgan fingerprint density at radius 3 is 2.33 bits per heavy atom. The molecule has 0 saturated carbocycles. The second-order valence-corrected chi connectivity index (χ2v) is 1.20. The molecule has 0 aliphatic heterocycles. The Morgan fingerprint density at radius 2 is 2.33 bits per heavy atom. The summed E-state index contributed by atoms with van der Waals surface area (Å²) >= 11 is 0. The van der Waals surface area contributed by atoms with E-state index in [1.54, 1.807) is 6.92 Å². The average molecular weight is 87.1 g/mol. The second kappa shape index (κ2) is 2.72. The van der Waals surface area contributed by atoms with Crippen LogP contribution in [0.1, 0.15) is 6.92 Å². The van der Waals surface area contributed by atoms with Crippen LogP contribution in [0.5, 0.6) is 0 Å². The van der Waals surface area contributed by atoms with Crippen molar-refractivity contribution in [2.45, 2.75) is 13.0 Å². The second-order valence-electron chi connectivity index (χ2n) is 1.20. The molecule has 1 atom stereocenters. The Labute approximate surface area is 37.3 Å². The summed E-state index contributed by atoms with van der Waals surface area (Å²) in [5.41, 5.74) is 5.16. The van der Waals surface area contributed by atoms with Crippen molar-refractivity contribution in [3.05, 3.63) is 12.3 Å². The van der Waals surface area contributed by atoms with E-state index in [1.807, 2.05) is 0 Å². The van der Waals surface area contributed by atoms with Crippen molar-refractivity contribution in [3.63, 3.8) is 0 Å². The zero-order valence-electron chi connectivity index (χ0n) is 3.76. The number of aliphatic hydroxyl groups excluding tert-OH is 1. The molecule has 6 heavy (non-hydrogen) atoms. The van der Waals surface area contributed by atoms with Gasteiger partial charge in [0.15, 0.2) is 0 Å². The van der Waals surface area contributed by atoms with E-state index >= 15 is 0 Å². The lowest BCUT2D eigenvalue weighted by molar-refractivity contribution is 0.469. The highest BCUT2D eigenvalue weighted by atomic mass is 16.2. The first-order chi connectivity index (χ1) is 2.77. The van der Waals surface area contributed by atoms with Crippen LogP contribution in [-0.2, 0) is 0 Å². The predicted molar refractivity (Wildman–Crippen MR) is 25.4 cm³/mol. The first-order valence-corrected chi connectivity index (χ1v) is 1.84.